The maximum Gasteiger partial charge on any atom is 0.271 e. The lowest BCUT2D eigenvalue weighted by molar-refractivity contribution is 0.0955. The van der Waals surface area contributed by atoms with Crippen molar-refractivity contribution >= 4 is 34.8 Å². The number of amides is 1. The van der Waals surface area contributed by atoms with Gasteiger partial charge in [0.05, 0.1) is 11.4 Å². The zero-order valence-corrected chi connectivity index (χ0v) is 14.5. The van der Waals surface area contributed by atoms with E-state index < -0.39 is 0 Å². The van der Waals surface area contributed by atoms with Crippen LogP contribution in [-0.4, -0.2) is 31.8 Å². The molecule has 3 rings (SSSR count). The Labute approximate surface area is 153 Å². The Morgan fingerprint density at radius 3 is 2.60 bits per heavy atom. The lowest BCUT2D eigenvalue weighted by Gasteiger charge is -2.06. The Morgan fingerprint density at radius 1 is 1.16 bits per heavy atom. The van der Waals surface area contributed by atoms with Crippen LogP contribution in [0.1, 0.15) is 22.8 Å². The molecule has 3 aromatic rings. The van der Waals surface area contributed by atoms with Crippen LogP contribution in [0.5, 0.6) is 0 Å². The van der Waals surface area contributed by atoms with Gasteiger partial charge in [0.15, 0.2) is 0 Å². The van der Waals surface area contributed by atoms with E-state index in [-0.39, 0.29) is 5.91 Å². The van der Waals surface area contributed by atoms with Gasteiger partial charge in [-0.05, 0) is 59.8 Å². The topological polar surface area (TPSA) is 85.1 Å². The van der Waals surface area contributed by atoms with Crippen LogP contribution in [0.15, 0.2) is 53.9 Å². The zero-order valence-electron chi connectivity index (χ0n) is 13.0. The Hall–Kier alpha value is -2.77. The molecular formula is C16H12Cl2N6O. The molecule has 1 N–H and O–H groups in total. The van der Waals surface area contributed by atoms with Gasteiger partial charge >= 0.3 is 0 Å². The summed E-state index contributed by atoms with van der Waals surface area (Å²) in [4.78, 5) is 12.2. The maximum atomic E-state index is 12.2. The first-order chi connectivity index (χ1) is 12.0. The third kappa shape index (κ3) is 4.01. The van der Waals surface area contributed by atoms with Gasteiger partial charge in [0.2, 0.25) is 0 Å². The summed E-state index contributed by atoms with van der Waals surface area (Å²) in [6.45, 7) is 1.73. The normalized spacial score (nSPS) is 11.4. The molecule has 126 valence electrons. The van der Waals surface area contributed by atoms with Crippen LogP contribution in [-0.2, 0) is 0 Å². The number of hydrazone groups is 1. The van der Waals surface area contributed by atoms with E-state index in [4.69, 9.17) is 23.2 Å². The van der Waals surface area contributed by atoms with Gasteiger partial charge in [-0.15, -0.1) is 5.10 Å². The molecule has 0 aliphatic carbocycles. The highest BCUT2D eigenvalue weighted by Crippen LogP contribution is 2.21. The molecule has 0 spiro atoms. The van der Waals surface area contributed by atoms with Crippen LogP contribution in [0.25, 0.3) is 5.69 Å². The van der Waals surface area contributed by atoms with Gasteiger partial charge in [-0.25, -0.2) is 10.1 Å². The summed E-state index contributed by atoms with van der Waals surface area (Å²) in [5.41, 5.74) is 4.89. The third-order valence-corrected chi connectivity index (χ3v) is 3.95. The SMILES string of the molecule is C/C(=N\NC(=O)c1ccc(-n2cnnn2)cc1)c1cc(Cl)ccc1Cl. The second-order valence-corrected chi connectivity index (χ2v) is 5.91. The fourth-order valence-corrected chi connectivity index (χ4v) is 2.51. The Morgan fingerprint density at radius 2 is 1.92 bits per heavy atom. The van der Waals surface area contributed by atoms with Crippen molar-refractivity contribution < 1.29 is 4.79 Å². The fraction of sp³-hybridized carbons (Fsp3) is 0.0625. The molecule has 9 heteroatoms. The second kappa shape index (κ2) is 7.42. The van der Waals surface area contributed by atoms with E-state index in [2.05, 4.69) is 26.1 Å². The standard InChI is InChI=1S/C16H12Cl2N6O/c1-10(14-8-12(17)4-7-15(14)18)20-21-16(25)11-2-5-13(6-3-11)24-9-19-22-23-24/h2-9H,1H3,(H,21,25)/b20-10+. The third-order valence-electron chi connectivity index (χ3n) is 3.39. The van der Waals surface area contributed by atoms with Crippen molar-refractivity contribution in [1.82, 2.24) is 25.6 Å². The van der Waals surface area contributed by atoms with Gasteiger partial charge in [0, 0.05) is 21.2 Å². The van der Waals surface area contributed by atoms with Gasteiger partial charge in [-0.1, -0.05) is 23.2 Å². The minimum atomic E-state index is -0.347. The van der Waals surface area contributed by atoms with E-state index in [1.807, 2.05) is 0 Å². The van der Waals surface area contributed by atoms with E-state index in [0.717, 1.165) is 5.69 Å². The van der Waals surface area contributed by atoms with E-state index in [1.165, 1.54) is 11.0 Å². The van der Waals surface area contributed by atoms with Crippen LogP contribution in [0, 0.1) is 0 Å². The summed E-state index contributed by atoms with van der Waals surface area (Å²) in [5.74, 6) is -0.347. The van der Waals surface area contributed by atoms with Crippen molar-refractivity contribution in [2.75, 3.05) is 0 Å². The largest absolute Gasteiger partial charge is 0.271 e. The lowest BCUT2D eigenvalue weighted by Crippen LogP contribution is -2.19. The minimum absolute atomic E-state index is 0.347. The molecule has 1 heterocycles. The van der Waals surface area contributed by atoms with Crippen LogP contribution in [0.3, 0.4) is 0 Å². The Kier molecular flexibility index (Phi) is 5.06. The van der Waals surface area contributed by atoms with E-state index in [0.29, 0.717) is 26.9 Å². The van der Waals surface area contributed by atoms with Gasteiger partial charge in [0.25, 0.3) is 5.91 Å². The average Bonchev–Trinajstić information content (AvgIpc) is 3.16. The molecule has 0 fully saturated rings. The van der Waals surface area contributed by atoms with Crippen molar-refractivity contribution in [2.24, 2.45) is 5.10 Å². The maximum absolute atomic E-state index is 12.2. The molecule has 1 amide bonds. The molecular weight excluding hydrogens is 363 g/mol. The van der Waals surface area contributed by atoms with Crippen molar-refractivity contribution in [3.05, 3.63) is 70.0 Å². The molecule has 0 saturated heterocycles. The summed E-state index contributed by atoms with van der Waals surface area (Å²) in [6, 6.07) is 11.8. The highest BCUT2D eigenvalue weighted by Gasteiger charge is 2.08. The summed E-state index contributed by atoms with van der Waals surface area (Å²) in [5, 5.41) is 16.0. The number of halogens is 2. The van der Waals surface area contributed by atoms with E-state index in [1.54, 1.807) is 49.4 Å². The first-order valence-electron chi connectivity index (χ1n) is 7.18. The number of nitrogens with zero attached hydrogens (tertiary/aromatic N) is 5. The molecule has 25 heavy (non-hydrogen) atoms. The van der Waals surface area contributed by atoms with Crippen molar-refractivity contribution in [3.8, 4) is 5.69 Å². The second-order valence-electron chi connectivity index (χ2n) is 5.06. The number of carbonyl (C=O) groups excluding carboxylic acids is 1. The summed E-state index contributed by atoms with van der Waals surface area (Å²) < 4.78 is 1.49. The smallest absolute Gasteiger partial charge is 0.267 e. The Bertz CT molecular complexity index is 922. The lowest BCUT2D eigenvalue weighted by atomic mass is 10.1. The quantitative estimate of drug-likeness (QED) is 0.561. The van der Waals surface area contributed by atoms with Crippen molar-refractivity contribution in [3.63, 3.8) is 0 Å². The molecule has 0 saturated carbocycles. The number of hydrogen-bond acceptors (Lipinski definition) is 5. The average molecular weight is 375 g/mol. The number of tetrazole rings is 1. The van der Waals surface area contributed by atoms with Crippen LogP contribution in [0.4, 0.5) is 0 Å². The fourth-order valence-electron chi connectivity index (χ4n) is 2.08. The molecule has 0 atom stereocenters. The summed E-state index contributed by atoms with van der Waals surface area (Å²) in [6.07, 6.45) is 1.47. The zero-order chi connectivity index (χ0) is 17.8. The molecule has 0 unspecified atom stereocenters. The van der Waals surface area contributed by atoms with E-state index >= 15 is 0 Å². The number of aromatic nitrogens is 4. The molecule has 0 radical (unpaired) electrons. The van der Waals surface area contributed by atoms with Gasteiger partial charge in [-0.2, -0.15) is 5.10 Å². The number of hydrogen-bond donors (Lipinski definition) is 1. The summed E-state index contributed by atoms with van der Waals surface area (Å²) in [7, 11) is 0. The number of rotatable bonds is 4. The molecule has 1 aromatic heterocycles. The Balaban J connectivity index is 1.72. The van der Waals surface area contributed by atoms with Crippen molar-refractivity contribution in [1.29, 1.82) is 0 Å². The van der Waals surface area contributed by atoms with Crippen LogP contribution < -0.4 is 5.43 Å². The van der Waals surface area contributed by atoms with Gasteiger partial charge in [0.1, 0.15) is 6.33 Å². The van der Waals surface area contributed by atoms with Gasteiger partial charge < -0.3 is 0 Å². The first kappa shape index (κ1) is 17.1. The molecule has 2 aromatic carbocycles. The van der Waals surface area contributed by atoms with Crippen LogP contribution >= 0.6 is 23.2 Å². The number of benzene rings is 2. The monoisotopic (exact) mass is 374 g/mol. The highest BCUT2D eigenvalue weighted by atomic mass is 35.5. The first-order valence-corrected chi connectivity index (χ1v) is 7.93. The minimum Gasteiger partial charge on any atom is -0.267 e. The predicted molar refractivity (Wildman–Crippen MR) is 95.3 cm³/mol. The predicted octanol–water partition coefficient (Wildman–Crippen LogP) is 3.12. The molecule has 0 aliphatic heterocycles. The number of nitrogens with one attached hydrogen (secondary N) is 1. The highest BCUT2D eigenvalue weighted by molar-refractivity contribution is 6.36. The molecule has 0 bridgehead atoms. The van der Waals surface area contributed by atoms with E-state index in [9.17, 15) is 4.79 Å². The molecule has 0 aliphatic rings. The summed E-state index contributed by atoms with van der Waals surface area (Å²) >= 11 is 12.1. The van der Waals surface area contributed by atoms with Gasteiger partial charge in [-0.3, -0.25) is 4.79 Å². The number of carbonyl (C=O) groups is 1. The van der Waals surface area contributed by atoms with Crippen molar-refractivity contribution in [2.45, 2.75) is 6.92 Å². The van der Waals surface area contributed by atoms with Crippen LogP contribution in [0.2, 0.25) is 10.0 Å². The molecule has 7 nitrogen and oxygen atoms in total.